The van der Waals surface area contributed by atoms with Gasteiger partial charge in [0, 0.05) is 0 Å². The van der Waals surface area contributed by atoms with Crippen LogP contribution in [0.25, 0.3) is 0 Å². The maximum Gasteiger partial charge on any atom is -0.0261 e. The highest BCUT2D eigenvalue weighted by Crippen LogP contribution is 2.68. The van der Waals surface area contributed by atoms with Gasteiger partial charge in [-0.2, -0.15) is 0 Å². The first-order valence-electron chi connectivity index (χ1n) is 5.05. The lowest BCUT2D eigenvalue weighted by atomic mass is 9.84. The Bertz CT molecular complexity index is 155. The summed E-state index contributed by atoms with van der Waals surface area (Å²) in [5.74, 6) is 1.05. The van der Waals surface area contributed by atoms with Gasteiger partial charge in [0.1, 0.15) is 0 Å². The maximum absolute atomic E-state index is 2.41. The van der Waals surface area contributed by atoms with Crippen molar-refractivity contribution in [1.29, 1.82) is 0 Å². The molecular weight excluding hydrogens is 132 g/mol. The van der Waals surface area contributed by atoms with Crippen molar-refractivity contribution in [3.63, 3.8) is 0 Å². The fourth-order valence-corrected chi connectivity index (χ4v) is 3.20. The van der Waals surface area contributed by atoms with Crippen molar-refractivity contribution in [2.75, 3.05) is 0 Å². The van der Waals surface area contributed by atoms with Crippen LogP contribution in [-0.2, 0) is 0 Å². The van der Waals surface area contributed by atoms with Crippen molar-refractivity contribution in [3.05, 3.63) is 0 Å². The van der Waals surface area contributed by atoms with Crippen LogP contribution >= 0.6 is 0 Å². The number of rotatable bonds is 0. The average molecular weight is 152 g/mol. The van der Waals surface area contributed by atoms with E-state index in [1.165, 1.54) is 32.1 Å². The predicted molar refractivity (Wildman–Crippen MR) is 48.5 cm³/mol. The molecule has 0 nitrogen and oxygen atoms in total. The van der Waals surface area contributed by atoms with Gasteiger partial charge in [0.15, 0.2) is 0 Å². The molecule has 2 saturated carbocycles. The lowest BCUT2D eigenvalue weighted by Crippen LogP contribution is -2.13. The van der Waals surface area contributed by atoms with Crippen molar-refractivity contribution >= 4 is 0 Å². The van der Waals surface area contributed by atoms with E-state index in [2.05, 4.69) is 20.8 Å². The Labute approximate surface area is 70.4 Å². The lowest BCUT2D eigenvalue weighted by Gasteiger charge is -2.21. The van der Waals surface area contributed by atoms with Crippen LogP contribution in [0.15, 0.2) is 0 Å². The summed E-state index contributed by atoms with van der Waals surface area (Å²) in [5.41, 5.74) is 1.43. The third kappa shape index (κ3) is 1.11. The van der Waals surface area contributed by atoms with Gasteiger partial charge in [0.25, 0.3) is 0 Å². The molecule has 0 heterocycles. The van der Waals surface area contributed by atoms with E-state index in [0.717, 1.165) is 11.3 Å². The van der Waals surface area contributed by atoms with Gasteiger partial charge in [-0.3, -0.25) is 0 Å². The Morgan fingerprint density at radius 2 is 1.64 bits per heavy atom. The van der Waals surface area contributed by atoms with Crippen LogP contribution in [0.5, 0.6) is 0 Å². The topological polar surface area (TPSA) is 0 Å². The fourth-order valence-electron chi connectivity index (χ4n) is 3.20. The Kier molecular flexibility index (Phi) is 1.41. The lowest BCUT2D eigenvalue weighted by molar-refractivity contribution is 0.281. The zero-order chi connectivity index (χ0) is 8.11. The van der Waals surface area contributed by atoms with Crippen molar-refractivity contribution in [1.82, 2.24) is 0 Å². The van der Waals surface area contributed by atoms with Gasteiger partial charge in [0.05, 0.1) is 0 Å². The van der Waals surface area contributed by atoms with Crippen LogP contribution in [-0.4, -0.2) is 0 Å². The second-order valence-electron chi connectivity index (χ2n) is 5.69. The second-order valence-corrected chi connectivity index (χ2v) is 5.69. The first kappa shape index (κ1) is 7.64. The minimum atomic E-state index is 0.588. The molecule has 11 heavy (non-hydrogen) atoms. The molecule has 0 saturated heterocycles. The second kappa shape index (κ2) is 2.02. The van der Waals surface area contributed by atoms with E-state index in [9.17, 15) is 0 Å². The molecule has 2 aliphatic rings. The maximum atomic E-state index is 2.41. The molecule has 0 amide bonds. The smallest absolute Gasteiger partial charge is 0.0261 e. The summed E-state index contributed by atoms with van der Waals surface area (Å²) in [6.07, 6.45) is 7.62. The van der Waals surface area contributed by atoms with E-state index >= 15 is 0 Å². The van der Waals surface area contributed by atoms with Crippen molar-refractivity contribution in [3.8, 4) is 0 Å². The molecule has 0 aliphatic heterocycles. The molecule has 0 aromatic carbocycles. The zero-order valence-corrected chi connectivity index (χ0v) is 8.11. The number of hydrogen-bond acceptors (Lipinski definition) is 0. The standard InChI is InChI=1S/C11H20/c1-10(2,3)9-8-11(9)6-4-5-7-11/h9H,4-8H2,1-3H3. The van der Waals surface area contributed by atoms with Gasteiger partial charge < -0.3 is 0 Å². The molecular formula is C11H20. The molecule has 0 heteroatoms. The molecule has 1 unspecified atom stereocenters. The van der Waals surface area contributed by atoms with E-state index in [-0.39, 0.29) is 0 Å². The average Bonchev–Trinajstić information content (AvgIpc) is 2.31. The van der Waals surface area contributed by atoms with Crippen LogP contribution in [0.1, 0.15) is 52.9 Å². The molecule has 64 valence electrons. The Morgan fingerprint density at radius 3 is 2.00 bits per heavy atom. The molecule has 1 spiro atoms. The van der Waals surface area contributed by atoms with Gasteiger partial charge in [-0.25, -0.2) is 0 Å². The predicted octanol–water partition coefficient (Wildman–Crippen LogP) is 3.61. The van der Waals surface area contributed by atoms with Gasteiger partial charge in [-0.05, 0) is 36.0 Å². The van der Waals surface area contributed by atoms with Crippen LogP contribution in [0.3, 0.4) is 0 Å². The fraction of sp³-hybridized carbons (Fsp3) is 1.00. The summed E-state index contributed by atoms with van der Waals surface area (Å²) in [6, 6.07) is 0. The summed E-state index contributed by atoms with van der Waals surface area (Å²) in [5, 5.41) is 0. The first-order valence-corrected chi connectivity index (χ1v) is 5.05. The van der Waals surface area contributed by atoms with Gasteiger partial charge >= 0.3 is 0 Å². The van der Waals surface area contributed by atoms with Gasteiger partial charge in [-0.15, -0.1) is 0 Å². The van der Waals surface area contributed by atoms with Crippen molar-refractivity contribution < 1.29 is 0 Å². The normalized spacial score (nSPS) is 34.6. The number of hydrogen-bond donors (Lipinski definition) is 0. The molecule has 0 radical (unpaired) electrons. The Hall–Kier alpha value is 0. The molecule has 2 rings (SSSR count). The summed E-state index contributed by atoms with van der Waals surface area (Å²) in [4.78, 5) is 0. The largest absolute Gasteiger partial charge is 0.0599 e. The van der Waals surface area contributed by atoms with Crippen LogP contribution in [0.2, 0.25) is 0 Å². The third-order valence-corrected chi connectivity index (χ3v) is 3.83. The van der Waals surface area contributed by atoms with Crippen LogP contribution in [0.4, 0.5) is 0 Å². The highest BCUT2D eigenvalue weighted by atomic mass is 14.6. The van der Waals surface area contributed by atoms with E-state index in [1.54, 1.807) is 0 Å². The molecule has 2 fully saturated rings. The molecule has 0 bridgehead atoms. The minimum Gasteiger partial charge on any atom is -0.0599 e. The van der Waals surface area contributed by atoms with Gasteiger partial charge in [0.2, 0.25) is 0 Å². The molecule has 2 aliphatic carbocycles. The highest BCUT2D eigenvalue weighted by molar-refractivity contribution is 5.08. The van der Waals surface area contributed by atoms with E-state index in [0.29, 0.717) is 5.41 Å². The monoisotopic (exact) mass is 152 g/mol. The van der Waals surface area contributed by atoms with Crippen molar-refractivity contribution in [2.45, 2.75) is 52.9 Å². The van der Waals surface area contributed by atoms with Crippen molar-refractivity contribution in [2.24, 2.45) is 16.7 Å². The Balaban J connectivity index is 2.03. The molecule has 0 aromatic rings. The quantitative estimate of drug-likeness (QED) is 0.497. The van der Waals surface area contributed by atoms with E-state index < -0.39 is 0 Å². The van der Waals surface area contributed by atoms with E-state index in [4.69, 9.17) is 0 Å². The van der Waals surface area contributed by atoms with Gasteiger partial charge in [-0.1, -0.05) is 33.6 Å². The first-order chi connectivity index (χ1) is 5.05. The minimum absolute atomic E-state index is 0.588. The SMILES string of the molecule is CC(C)(C)C1CC12CCCC2. The summed E-state index contributed by atoms with van der Waals surface area (Å²) >= 11 is 0. The highest BCUT2D eigenvalue weighted by Gasteiger charge is 2.58. The summed E-state index contributed by atoms with van der Waals surface area (Å²) in [6.45, 7) is 7.22. The Morgan fingerprint density at radius 1 is 1.09 bits per heavy atom. The zero-order valence-electron chi connectivity index (χ0n) is 8.11. The molecule has 0 aromatic heterocycles. The summed E-state index contributed by atoms with van der Waals surface area (Å²) < 4.78 is 0. The third-order valence-electron chi connectivity index (χ3n) is 3.83. The molecule has 1 atom stereocenters. The summed E-state index contributed by atoms with van der Waals surface area (Å²) in [7, 11) is 0. The van der Waals surface area contributed by atoms with Crippen LogP contribution in [0, 0.1) is 16.7 Å². The van der Waals surface area contributed by atoms with Crippen LogP contribution < -0.4 is 0 Å². The van der Waals surface area contributed by atoms with E-state index in [1.807, 2.05) is 0 Å². The molecule has 0 N–H and O–H groups in total.